The maximum absolute atomic E-state index is 12.5. The topological polar surface area (TPSA) is 76.8 Å². The average Bonchev–Trinajstić information content (AvgIpc) is 3.39. The van der Waals surface area contributed by atoms with Gasteiger partial charge in [0.15, 0.2) is 0 Å². The van der Waals surface area contributed by atoms with Crippen LogP contribution >= 0.6 is 0 Å². The van der Waals surface area contributed by atoms with Gasteiger partial charge < -0.3 is 4.90 Å². The predicted molar refractivity (Wildman–Crippen MR) is 96.0 cm³/mol. The third kappa shape index (κ3) is 3.61. The molecule has 0 N–H and O–H groups in total. The van der Waals surface area contributed by atoms with Gasteiger partial charge in [0.1, 0.15) is 12.7 Å². The lowest BCUT2D eigenvalue weighted by Gasteiger charge is -2.17. The first-order valence-corrected chi connectivity index (χ1v) is 8.76. The van der Waals surface area contributed by atoms with E-state index >= 15 is 0 Å². The Bertz CT molecular complexity index is 865. The Morgan fingerprint density at radius 1 is 1.15 bits per heavy atom. The third-order valence-corrected chi connectivity index (χ3v) is 4.79. The van der Waals surface area contributed by atoms with Gasteiger partial charge in [-0.15, -0.1) is 0 Å². The van der Waals surface area contributed by atoms with Crippen molar-refractivity contribution in [1.29, 1.82) is 0 Å². The number of likely N-dealkylation sites (tertiary alicyclic amines) is 1. The lowest BCUT2D eigenvalue weighted by molar-refractivity contribution is -0.130. The van der Waals surface area contributed by atoms with Crippen molar-refractivity contribution in [2.45, 2.75) is 25.3 Å². The Morgan fingerprint density at radius 3 is 2.85 bits per heavy atom. The number of carbonyl (C=O) groups excluding carboxylic acids is 1. The number of nitrogens with zero attached hydrogens (tertiary/aromatic N) is 6. The number of hydrogen-bond acceptors (Lipinski definition) is 5. The van der Waals surface area contributed by atoms with E-state index in [1.54, 1.807) is 23.4 Å². The normalized spacial score (nSPS) is 16.8. The molecule has 1 saturated heterocycles. The van der Waals surface area contributed by atoms with Gasteiger partial charge in [0.05, 0.1) is 12.2 Å². The van der Waals surface area contributed by atoms with Crippen LogP contribution < -0.4 is 0 Å². The molecule has 1 aliphatic rings. The van der Waals surface area contributed by atoms with Crippen LogP contribution in [0.2, 0.25) is 0 Å². The van der Waals surface area contributed by atoms with Crippen LogP contribution in [0.25, 0.3) is 11.3 Å². The van der Waals surface area contributed by atoms with E-state index < -0.39 is 0 Å². The van der Waals surface area contributed by atoms with E-state index in [1.165, 1.54) is 11.9 Å². The summed E-state index contributed by atoms with van der Waals surface area (Å²) < 4.78 is 1.69. The van der Waals surface area contributed by atoms with E-state index in [-0.39, 0.29) is 5.91 Å². The molecule has 0 aliphatic carbocycles. The summed E-state index contributed by atoms with van der Waals surface area (Å²) >= 11 is 0. The van der Waals surface area contributed by atoms with E-state index in [0.717, 1.165) is 30.8 Å². The van der Waals surface area contributed by atoms with Crippen molar-refractivity contribution in [1.82, 2.24) is 29.6 Å². The van der Waals surface area contributed by atoms with Crippen LogP contribution in [0.5, 0.6) is 0 Å². The molecular weight excluding hydrogens is 328 g/mol. The van der Waals surface area contributed by atoms with Gasteiger partial charge in [0.2, 0.25) is 5.91 Å². The van der Waals surface area contributed by atoms with Crippen molar-refractivity contribution in [3.63, 3.8) is 0 Å². The van der Waals surface area contributed by atoms with Gasteiger partial charge >= 0.3 is 0 Å². The summed E-state index contributed by atoms with van der Waals surface area (Å²) in [5.74, 6) is 0.528. The number of aromatic nitrogens is 5. The Kier molecular flexibility index (Phi) is 4.68. The van der Waals surface area contributed by atoms with Gasteiger partial charge in [0.25, 0.3) is 0 Å². The Labute approximate surface area is 151 Å². The molecule has 4 rings (SSSR count). The molecule has 0 spiro atoms. The predicted octanol–water partition coefficient (Wildman–Crippen LogP) is 2.14. The highest BCUT2D eigenvalue weighted by Gasteiger charge is 2.27. The van der Waals surface area contributed by atoms with Crippen molar-refractivity contribution >= 4 is 5.91 Å². The van der Waals surface area contributed by atoms with Gasteiger partial charge in [0, 0.05) is 49.6 Å². The number of pyridine rings is 2. The third-order valence-electron chi connectivity index (χ3n) is 4.79. The Balaban J connectivity index is 1.40. The minimum Gasteiger partial charge on any atom is -0.342 e. The summed E-state index contributed by atoms with van der Waals surface area (Å²) in [6, 6.07) is 8.10. The number of hydrogen-bond donors (Lipinski definition) is 0. The minimum absolute atomic E-state index is 0.173. The second-order valence-corrected chi connectivity index (χ2v) is 6.44. The summed E-state index contributed by atoms with van der Waals surface area (Å²) in [6.07, 6.45) is 9.95. The SMILES string of the molecule is O=C(CCn1cncn1)N1CC[C@H](c2ccnc(-c3ccncc3)c2)C1. The molecule has 3 aromatic heterocycles. The van der Waals surface area contributed by atoms with Crippen molar-refractivity contribution in [2.75, 3.05) is 13.1 Å². The molecule has 1 atom stereocenters. The molecule has 1 aliphatic heterocycles. The van der Waals surface area contributed by atoms with Gasteiger partial charge in [-0.2, -0.15) is 5.10 Å². The lowest BCUT2D eigenvalue weighted by atomic mass is 9.97. The van der Waals surface area contributed by atoms with E-state index in [2.05, 4.69) is 32.2 Å². The molecule has 7 nitrogen and oxygen atoms in total. The van der Waals surface area contributed by atoms with Crippen molar-refractivity contribution in [2.24, 2.45) is 0 Å². The van der Waals surface area contributed by atoms with Crippen molar-refractivity contribution < 1.29 is 4.79 Å². The highest BCUT2D eigenvalue weighted by atomic mass is 16.2. The smallest absolute Gasteiger partial charge is 0.224 e. The number of carbonyl (C=O) groups is 1. The van der Waals surface area contributed by atoms with Gasteiger partial charge in [-0.05, 0) is 36.2 Å². The summed E-state index contributed by atoms with van der Waals surface area (Å²) in [5.41, 5.74) is 3.24. The highest BCUT2D eigenvalue weighted by molar-refractivity contribution is 5.76. The molecule has 0 radical (unpaired) electrons. The van der Waals surface area contributed by atoms with Gasteiger partial charge in [-0.1, -0.05) is 0 Å². The molecule has 4 heterocycles. The first-order chi connectivity index (χ1) is 12.8. The first-order valence-electron chi connectivity index (χ1n) is 8.76. The summed E-state index contributed by atoms with van der Waals surface area (Å²) in [4.78, 5) is 26.8. The monoisotopic (exact) mass is 348 g/mol. The quantitative estimate of drug-likeness (QED) is 0.706. The van der Waals surface area contributed by atoms with Crippen LogP contribution in [0.1, 0.15) is 24.3 Å². The fourth-order valence-corrected chi connectivity index (χ4v) is 3.36. The number of amides is 1. The van der Waals surface area contributed by atoms with E-state index in [9.17, 15) is 4.79 Å². The minimum atomic E-state index is 0.173. The summed E-state index contributed by atoms with van der Waals surface area (Å²) in [6.45, 7) is 2.13. The molecule has 1 fully saturated rings. The molecule has 0 unspecified atom stereocenters. The first kappa shape index (κ1) is 16.4. The lowest BCUT2D eigenvalue weighted by Crippen LogP contribution is -2.29. The van der Waals surface area contributed by atoms with Crippen molar-refractivity contribution in [3.05, 3.63) is 61.1 Å². The molecule has 3 aromatic rings. The number of aryl methyl sites for hydroxylation is 1. The molecule has 0 saturated carbocycles. The van der Waals surface area contributed by atoms with E-state index in [4.69, 9.17) is 0 Å². The summed E-state index contributed by atoms with van der Waals surface area (Å²) in [5, 5.41) is 4.04. The molecule has 132 valence electrons. The second kappa shape index (κ2) is 7.43. The number of rotatable bonds is 5. The zero-order valence-electron chi connectivity index (χ0n) is 14.4. The molecular formula is C19H20N6O. The zero-order valence-corrected chi connectivity index (χ0v) is 14.4. The van der Waals surface area contributed by atoms with Crippen LogP contribution in [0.3, 0.4) is 0 Å². The second-order valence-electron chi connectivity index (χ2n) is 6.44. The largest absolute Gasteiger partial charge is 0.342 e. The molecule has 26 heavy (non-hydrogen) atoms. The van der Waals surface area contributed by atoms with Gasteiger partial charge in [-0.25, -0.2) is 4.98 Å². The van der Waals surface area contributed by atoms with Crippen molar-refractivity contribution in [3.8, 4) is 11.3 Å². The molecule has 0 aromatic carbocycles. The fraction of sp³-hybridized carbons (Fsp3) is 0.316. The Morgan fingerprint density at radius 2 is 2.04 bits per heavy atom. The Hall–Kier alpha value is -3.09. The van der Waals surface area contributed by atoms with Gasteiger partial charge in [-0.3, -0.25) is 19.4 Å². The summed E-state index contributed by atoms with van der Waals surface area (Å²) in [7, 11) is 0. The fourth-order valence-electron chi connectivity index (χ4n) is 3.36. The van der Waals surface area contributed by atoms with E-state index in [1.807, 2.05) is 23.2 Å². The maximum Gasteiger partial charge on any atom is 0.224 e. The van der Waals surface area contributed by atoms with E-state index in [0.29, 0.717) is 18.9 Å². The van der Waals surface area contributed by atoms with Crippen LogP contribution in [0, 0.1) is 0 Å². The molecule has 1 amide bonds. The zero-order chi connectivity index (χ0) is 17.8. The maximum atomic E-state index is 12.5. The van der Waals surface area contributed by atoms with Crippen LogP contribution in [-0.4, -0.2) is 48.6 Å². The molecule has 0 bridgehead atoms. The van der Waals surface area contributed by atoms with Crippen LogP contribution in [0.4, 0.5) is 0 Å². The van der Waals surface area contributed by atoms with Crippen LogP contribution in [-0.2, 0) is 11.3 Å². The van der Waals surface area contributed by atoms with Crippen LogP contribution in [0.15, 0.2) is 55.5 Å². The standard InChI is InChI=1S/C19H20N6O/c26-19(5-10-25-14-21-13-23-25)24-9-4-17(12-24)16-3-8-22-18(11-16)15-1-6-20-7-2-15/h1-3,6-8,11,13-14,17H,4-5,9-10,12H2/t17-/m0/s1. The highest BCUT2D eigenvalue weighted by Crippen LogP contribution is 2.29. The average molecular weight is 348 g/mol. The molecule has 7 heteroatoms.